The molecule has 0 spiro atoms. The van der Waals surface area contributed by atoms with Gasteiger partial charge in [0.1, 0.15) is 6.73 Å². The molecule has 0 aliphatic heterocycles. The van der Waals surface area contributed by atoms with Crippen molar-refractivity contribution in [2.75, 3.05) is 6.61 Å². The Hall–Kier alpha value is -1.04. The van der Waals surface area contributed by atoms with E-state index in [0.29, 0.717) is 17.1 Å². The molecule has 0 fully saturated rings. The van der Waals surface area contributed by atoms with Crippen molar-refractivity contribution in [3.8, 4) is 0 Å². The van der Waals surface area contributed by atoms with Gasteiger partial charge in [-0.2, -0.15) is 0 Å². The van der Waals surface area contributed by atoms with Gasteiger partial charge in [0.05, 0.1) is 10.9 Å². The third kappa shape index (κ3) is 3.34. The van der Waals surface area contributed by atoms with Gasteiger partial charge in [-0.1, -0.05) is 31.2 Å². The third-order valence-corrected chi connectivity index (χ3v) is 5.27. The SMILES string of the molecule is Cn1c(=O)c2ccc(Cl)cc2n1COCC[Si](C)(C)C. The minimum Gasteiger partial charge on any atom is -0.360 e. The average molecular weight is 313 g/mol. The van der Waals surface area contributed by atoms with Gasteiger partial charge < -0.3 is 4.74 Å². The molecule has 20 heavy (non-hydrogen) atoms. The van der Waals surface area contributed by atoms with Crippen molar-refractivity contribution < 1.29 is 4.74 Å². The molecule has 110 valence electrons. The van der Waals surface area contributed by atoms with Crippen LogP contribution in [-0.2, 0) is 18.5 Å². The van der Waals surface area contributed by atoms with Crippen molar-refractivity contribution >= 4 is 30.6 Å². The molecule has 1 heterocycles. The van der Waals surface area contributed by atoms with Gasteiger partial charge in [-0.05, 0) is 24.2 Å². The molecule has 1 aromatic heterocycles. The largest absolute Gasteiger partial charge is 0.360 e. The lowest BCUT2D eigenvalue weighted by atomic mass is 10.2. The number of nitrogens with zero attached hydrogens (tertiary/aromatic N) is 2. The summed E-state index contributed by atoms with van der Waals surface area (Å²) in [5, 5.41) is 1.30. The summed E-state index contributed by atoms with van der Waals surface area (Å²) in [4.78, 5) is 12.1. The molecular formula is C14H21ClN2O2Si. The molecule has 0 saturated carbocycles. The zero-order valence-corrected chi connectivity index (χ0v) is 14.2. The standard InChI is InChI=1S/C14H21ClN2O2Si/c1-16-14(18)12-6-5-11(15)9-13(12)17(16)10-19-7-8-20(2,3)4/h5-6,9H,7-8,10H2,1-4H3. The Bertz CT molecular complexity index is 670. The Morgan fingerprint density at radius 2 is 2.00 bits per heavy atom. The molecule has 0 bridgehead atoms. The smallest absolute Gasteiger partial charge is 0.274 e. The van der Waals surface area contributed by atoms with Crippen LogP contribution in [0.4, 0.5) is 0 Å². The van der Waals surface area contributed by atoms with Gasteiger partial charge in [0, 0.05) is 26.8 Å². The van der Waals surface area contributed by atoms with Gasteiger partial charge in [0.25, 0.3) is 5.56 Å². The van der Waals surface area contributed by atoms with Gasteiger partial charge in [-0.15, -0.1) is 0 Å². The molecule has 0 saturated heterocycles. The van der Waals surface area contributed by atoms with Crippen LogP contribution in [0.25, 0.3) is 10.9 Å². The van der Waals surface area contributed by atoms with E-state index in [1.165, 1.54) is 0 Å². The molecule has 0 unspecified atom stereocenters. The number of hydrogen-bond donors (Lipinski definition) is 0. The predicted molar refractivity (Wildman–Crippen MR) is 86.3 cm³/mol. The number of halogens is 1. The lowest BCUT2D eigenvalue weighted by molar-refractivity contribution is 0.0736. The van der Waals surface area contributed by atoms with Crippen LogP contribution < -0.4 is 5.56 Å². The topological polar surface area (TPSA) is 36.2 Å². The summed E-state index contributed by atoms with van der Waals surface area (Å²) in [6.45, 7) is 8.05. The highest BCUT2D eigenvalue weighted by atomic mass is 35.5. The van der Waals surface area contributed by atoms with Crippen molar-refractivity contribution in [2.45, 2.75) is 32.4 Å². The van der Waals surface area contributed by atoms with Crippen LogP contribution >= 0.6 is 11.6 Å². The minimum absolute atomic E-state index is 0.0227. The minimum atomic E-state index is -1.09. The highest BCUT2D eigenvalue weighted by molar-refractivity contribution is 6.76. The first-order valence-corrected chi connectivity index (χ1v) is 10.8. The quantitative estimate of drug-likeness (QED) is 0.627. The normalized spacial score (nSPS) is 12.2. The van der Waals surface area contributed by atoms with Crippen LogP contribution in [0.15, 0.2) is 23.0 Å². The Balaban J connectivity index is 2.19. The average Bonchev–Trinajstić information content (AvgIpc) is 2.57. The first-order chi connectivity index (χ1) is 9.29. The van der Waals surface area contributed by atoms with Crippen LogP contribution in [0.1, 0.15) is 0 Å². The second-order valence-corrected chi connectivity index (χ2v) is 12.3. The van der Waals surface area contributed by atoms with Crippen molar-refractivity contribution in [1.29, 1.82) is 0 Å². The number of rotatable bonds is 5. The van der Waals surface area contributed by atoms with E-state index >= 15 is 0 Å². The van der Waals surface area contributed by atoms with Gasteiger partial charge in [-0.3, -0.25) is 14.2 Å². The van der Waals surface area contributed by atoms with Crippen LogP contribution in [0, 0.1) is 0 Å². The van der Waals surface area contributed by atoms with E-state index in [-0.39, 0.29) is 5.56 Å². The van der Waals surface area contributed by atoms with E-state index in [4.69, 9.17) is 16.3 Å². The molecule has 0 amide bonds. The first kappa shape index (κ1) is 15.3. The number of ether oxygens (including phenoxy) is 1. The summed E-state index contributed by atoms with van der Waals surface area (Å²) in [7, 11) is 0.658. The number of benzene rings is 1. The van der Waals surface area contributed by atoms with E-state index in [1.807, 2.05) is 4.68 Å². The number of hydrogen-bond acceptors (Lipinski definition) is 2. The Kier molecular flexibility index (Phi) is 4.42. The third-order valence-electron chi connectivity index (χ3n) is 3.33. The van der Waals surface area contributed by atoms with E-state index in [9.17, 15) is 4.79 Å². The van der Waals surface area contributed by atoms with Crippen molar-refractivity contribution in [3.63, 3.8) is 0 Å². The molecule has 2 rings (SSSR count). The summed E-state index contributed by atoms with van der Waals surface area (Å²) in [5.41, 5.74) is 0.795. The maximum absolute atomic E-state index is 12.1. The zero-order chi connectivity index (χ0) is 14.9. The van der Waals surface area contributed by atoms with Crippen molar-refractivity contribution in [3.05, 3.63) is 33.6 Å². The van der Waals surface area contributed by atoms with Crippen LogP contribution in [0.3, 0.4) is 0 Å². The summed E-state index contributed by atoms with van der Waals surface area (Å²) < 4.78 is 9.14. The second-order valence-electron chi connectivity index (χ2n) is 6.24. The summed E-state index contributed by atoms with van der Waals surface area (Å²) >= 11 is 6.01. The van der Waals surface area contributed by atoms with E-state index < -0.39 is 8.07 Å². The van der Waals surface area contributed by atoms with Crippen LogP contribution in [0.5, 0.6) is 0 Å². The monoisotopic (exact) mass is 312 g/mol. The number of aromatic nitrogens is 2. The molecule has 0 radical (unpaired) electrons. The molecule has 6 heteroatoms. The summed E-state index contributed by atoms with van der Waals surface area (Å²) in [5.74, 6) is 0. The maximum atomic E-state index is 12.1. The van der Waals surface area contributed by atoms with Gasteiger partial charge in [0.15, 0.2) is 0 Å². The summed E-state index contributed by atoms with van der Waals surface area (Å²) in [6, 6.07) is 6.42. The van der Waals surface area contributed by atoms with Gasteiger partial charge in [0.2, 0.25) is 0 Å². The second kappa shape index (κ2) is 5.75. The molecule has 0 atom stereocenters. The van der Waals surface area contributed by atoms with Crippen LogP contribution in [0.2, 0.25) is 30.7 Å². The highest BCUT2D eigenvalue weighted by Crippen LogP contribution is 2.17. The van der Waals surface area contributed by atoms with Gasteiger partial charge >= 0.3 is 0 Å². The Morgan fingerprint density at radius 1 is 1.30 bits per heavy atom. The fourth-order valence-electron chi connectivity index (χ4n) is 2.03. The predicted octanol–water partition coefficient (Wildman–Crippen LogP) is 3.31. The zero-order valence-electron chi connectivity index (χ0n) is 12.4. The molecule has 0 aliphatic carbocycles. The summed E-state index contributed by atoms with van der Waals surface area (Å²) in [6.07, 6.45) is 0. The van der Waals surface area contributed by atoms with Crippen LogP contribution in [-0.4, -0.2) is 24.0 Å². The molecular weight excluding hydrogens is 292 g/mol. The highest BCUT2D eigenvalue weighted by Gasteiger charge is 2.14. The van der Waals surface area contributed by atoms with Crippen molar-refractivity contribution in [1.82, 2.24) is 9.36 Å². The lowest BCUT2D eigenvalue weighted by Crippen LogP contribution is -2.24. The Labute approximate surface area is 124 Å². The Morgan fingerprint density at radius 3 is 2.65 bits per heavy atom. The van der Waals surface area contributed by atoms with E-state index in [0.717, 1.165) is 18.2 Å². The molecule has 1 aromatic carbocycles. The molecule has 4 nitrogen and oxygen atoms in total. The van der Waals surface area contributed by atoms with Gasteiger partial charge in [-0.25, -0.2) is 0 Å². The van der Waals surface area contributed by atoms with Crippen molar-refractivity contribution in [2.24, 2.45) is 7.05 Å². The van der Waals surface area contributed by atoms with E-state index in [1.54, 1.807) is 29.9 Å². The fourth-order valence-corrected chi connectivity index (χ4v) is 2.95. The molecule has 0 N–H and O–H groups in total. The van der Waals surface area contributed by atoms with E-state index in [2.05, 4.69) is 19.6 Å². The lowest BCUT2D eigenvalue weighted by Gasteiger charge is -2.16. The maximum Gasteiger partial charge on any atom is 0.274 e. The fraction of sp³-hybridized carbons (Fsp3) is 0.500. The molecule has 0 aliphatic rings. The number of fused-ring (bicyclic) bond motifs is 1. The first-order valence-electron chi connectivity index (χ1n) is 6.72. The molecule has 2 aromatic rings.